The molecule has 0 aliphatic rings. The van der Waals surface area contributed by atoms with Crippen LogP contribution in [0.15, 0.2) is 83.7 Å². The summed E-state index contributed by atoms with van der Waals surface area (Å²) in [5.41, 5.74) is 1.30. The Morgan fingerprint density at radius 3 is 1.83 bits per heavy atom. The van der Waals surface area contributed by atoms with Crippen molar-refractivity contribution in [2.75, 3.05) is 19.5 Å². The summed E-state index contributed by atoms with van der Waals surface area (Å²) in [4.78, 5) is 50.7. The fourth-order valence-corrected chi connectivity index (χ4v) is 3.72. The summed E-state index contributed by atoms with van der Waals surface area (Å²) in [6.45, 7) is 0. The van der Waals surface area contributed by atoms with Gasteiger partial charge in [0.25, 0.3) is 11.5 Å². The van der Waals surface area contributed by atoms with Crippen LogP contribution in [0.5, 0.6) is 0 Å². The van der Waals surface area contributed by atoms with Gasteiger partial charge in [0.05, 0.1) is 31.0 Å². The number of rotatable bonds is 6. The van der Waals surface area contributed by atoms with Crippen LogP contribution >= 0.6 is 0 Å². The van der Waals surface area contributed by atoms with Crippen LogP contribution < -0.4 is 10.9 Å². The van der Waals surface area contributed by atoms with Crippen molar-refractivity contribution in [1.82, 2.24) is 10.2 Å². The number of anilines is 1. The quantitative estimate of drug-likeness (QED) is 0.398. The van der Waals surface area contributed by atoms with Crippen LogP contribution in [-0.4, -0.2) is 42.3 Å². The van der Waals surface area contributed by atoms with Gasteiger partial charge >= 0.3 is 11.9 Å². The highest BCUT2D eigenvalue weighted by Crippen LogP contribution is 2.32. The average molecular weight is 483 g/mol. The second-order valence-electron chi connectivity index (χ2n) is 7.62. The molecule has 0 radical (unpaired) electrons. The number of H-pyrrole nitrogens is 1. The van der Waals surface area contributed by atoms with E-state index in [0.717, 1.165) is 0 Å². The van der Waals surface area contributed by atoms with Gasteiger partial charge in [-0.1, -0.05) is 60.7 Å². The summed E-state index contributed by atoms with van der Waals surface area (Å²) in [5.74, 6) is -2.18. The van der Waals surface area contributed by atoms with Crippen molar-refractivity contribution in [3.63, 3.8) is 0 Å². The molecule has 9 heteroatoms. The third kappa shape index (κ3) is 4.90. The first-order chi connectivity index (χ1) is 17.4. The SMILES string of the molecule is COC(=O)c1cc(NC(=O)c2c(-c3ccccc3)c(-c3ccccc3)n[nH]c2=O)cc(C(=O)OC)c1. The molecular formula is C27H21N3O6. The van der Waals surface area contributed by atoms with Gasteiger partial charge in [0, 0.05) is 16.8 Å². The highest BCUT2D eigenvalue weighted by atomic mass is 16.5. The van der Waals surface area contributed by atoms with E-state index in [4.69, 9.17) is 9.47 Å². The zero-order valence-corrected chi connectivity index (χ0v) is 19.4. The van der Waals surface area contributed by atoms with Crippen LogP contribution in [0.2, 0.25) is 0 Å². The molecule has 0 spiro atoms. The molecule has 4 rings (SSSR count). The molecule has 0 aliphatic carbocycles. The number of carbonyl (C=O) groups is 3. The molecule has 3 aromatic carbocycles. The maximum Gasteiger partial charge on any atom is 0.337 e. The van der Waals surface area contributed by atoms with E-state index in [1.54, 1.807) is 24.3 Å². The third-order valence-corrected chi connectivity index (χ3v) is 5.35. The largest absolute Gasteiger partial charge is 0.465 e. The van der Waals surface area contributed by atoms with Crippen molar-refractivity contribution < 1.29 is 23.9 Å². The number of nitrogens with one attached hydrogen (secondary N) is 2. The number of ether oxygens (including phenoxy) is 2. The van der Waals surface area contributed by atoms with Crippen LogP contribution in [0.25, 0.3) is 22.4 Å². The Balaban J connectivity index is 1.87. The standard InChI is InChI=1S/C27H21N3O6/c1-35-26(33)18-13-19(27(34)36-2)15-20(14-18)28-24(31)22-21(16-9-5-3-6-10-16)23(29-30-25(22)32)17-11-7-4-8-12-17/h3-15H,1-2H3,(H,28,31)(H,30,32). The van der Waals surface area contributed by atoms with E-state index in [0.29, 0.717) is 22.4 Å². The molecule has 0 saturated carbocycles. The van der Waals surface area contributed by atoms with E-state index >= 15 is 0 Å². The highest BCUT2D eigenvalue weighted by molar-refractivity contribution is 6.11. The van der Waals surface area contributed by atoms with Crippen molar-refractivity contribution in [2.45, 2.75) is 0 Å². The second kappa shape index (κ2) is 10.5. The summed E-state index contributed by atoms with van der Waals surface area (Å²) in [7, 11) is 2.39. The van der Waals surface area contributed by atoms with E-state index in [1.807, 2.05) is 36.4 Å². The Morgan fingerprint density at radius 1 is 0.778 bits per heavy atom. The maximum absolute atomic E-state index is 13.5. The van der Waals surface area contributed by atoms with Gasteiger partial charge in [-0.05, 0) is 23.8 Å². The summed E-state index contributed by atoms with van der Waals surface area (Å²) in [6.07, 6.45) is 0. The van der Waals surface area contributed by atoms with Gasteiger partial charge in [-0.25, -0.2) is 14.7 Å². The Bertz CT molecular complexity index is 1460. The molecule has 0 bridgehead atoms. The average Bonchev–Trinajstić information content (AvgIpc) is 2.92. The predicted octanol–water partition coefficient (Wildman–Crippen LogP) is 3.93. The molecule has 0 unspecified atom stereocenters. The number of carbonyl (C=O) groups excluding carboxylic acids is 3. The minimum Gasteiger partial charge on any atom is -0.465 e. The van der Waals surface area contributed by atoms with E-state index < -0.39 is 23.4 Å². The van der Waals surface area contributed by atoms with E-state index in [2.05, 4.69) is 15.5 Å². The number of hydrogen-bond acceptors (Lipinski definition) is 7. The number of aromatic amines is 1. The third-order valence-electron chi connectivity index (χ3n) is 5.35. The molecule has 180 valence electrons. The van der Waals surface area contributed by atoms with Gasteiger partial charge in [-0.15, -0.1) is 0 Å². The Kier molecular flexibility index (Phi) is 7.01. The minimum atomic E-state index is -0.757. The van der Waals surface area contributed by atoms with Crippen LogP contribution in [-0.2, 0) is 9.47 Å². The topological polar surface area (TPSA) is 127 Å². The van der Waals surface area contributed by atoms with E-state index in [1.165, 1.54) is 32.4 Å². The van der Waals surface area contributed by atoms with Crippen LogP contribution in [0.4, 0.5) is 5.69 Å². The smallest absolute Gasteiger partial charge is 0.337 e. The zero-order valence-electron chi connectivity index (χ0n) is 19.4. The number of nitrogens with zero attached hydrogens (tertiary/aromatic N) is 1. The van der Waals surface area contributed by atoms with Gasteiger partial charge in [0.2, 0.25) is 0 Å². The molecular weight excluding hydrogens is 462 g/mol. The van der Waals surface area contributed by atoms with Gasteiger partial charge in [-0.3, -0.25) is 9.59 Å². The number of hydrogen-bond donors (Lipinski definition) is 2. The molecule has 0 fully saturated rings. The lowest BCUT2D eigenvalue weighted by atomic mass is 9.95. The number of methoxy groups -OCH3 is 2. The van der Waals surface area contributed by atoms with Crippen LogP contribution in [0, 0.1) is 0 Å². The molecule has 2 N–H and O–H groups in total. The van der Waals surface area contributed by atoms with Crippen molar-refractivity contribution >= 4 is 23.5 Å². The van der Waals surface area contributed by atoms with E-state index in [9.17, 15) is 19.2 Å². The predicted molar refractivity (Wildman–Crippen MR) is 133 cm³/mol. The molecule has 1 heterocycles. The van der Waals surface area contributed by atoms with E-state index in [-0.39, 0.29) is 22.4 Å². The number of amides is 1. The molecule has 4 aromatic rings. The van der Waals surface area contributed by atoms with Crippen molar-refractivity contribution in [3.8, 4) is 22.4 Å². The van der Waals surface area contributed by atoms with Crippen molar-refractivity contribution in [1.29, 1.82) is 0 Å². The fraction of sp³-hybridized carbons (Fsp3) is 0.0741. The summed E-state index contributed by atoms with van der Waals surface area (Å²) in [5, 5.41) is 9.26. The number of benzene rings is 3. The zero-order chi connectivity index (χ0) is 25.7. The maximum atomic E-state index is 13.5. The molecule has 0 aliphatic heterocycles. The van der Waals surface area contributed by atoms with Gasteiger partial charge < -0.3 is 14.8 Å². The van der Waals surface area contributed by atoms with Crippen LogP contribution in [0.1, 0.15) is 31.1 Å². The highest BCUT2D eigenvalue weighted by Gasteiger charge is 2.24. The summed E-state index contributed by atoms with van der Waals surface area (Å²) >= 11 is 0. The van der Waals surface area contributed by atoms with Crippen LogP contribution in [0.3, 0.4) is 0 Å². The molecule has 0 atom stereocenters. The molecule has 0 saturated heterocycles. The lowest BCUT2D eigenvalue weighted by Crippen LogP contribution is -2.26. The van der Waals surface area contributed by atoms with Gasteiger partial charge in [-0.2, -0.15) is 5.10 Å². The summed E-state index contributed by atoms with van der Waals surface area (Å²) < 4.78 is 9.49. The van der Waals surface area contributed by atoms with Crippen molar-refractivity contribution in [2.24, 2.45) is 0 Å². The Morgan fingerprint density at radius 2 is 1.31 bits per heavy atom. The lowest BCUT2D eigenvalue weighted by Gasteiger charge is -2.14. The normalized spacial score (nSPS) is 10.4. The molecule has 1 amide bonds. The van der Waals surface area contributed by atoms with Gasteiger partial charge in [0.15, 0.2) is 0 Å². The first-order valence-corrected chi connectivity index (χ1v) is 10.8. The van der Waals surface area contributed by atoms with Gasteiger partial charge in [0.1, 0.15) is 5.56 Å². The van der Waals surface area contributed by atoms with Crippen molar-refractivity contribution in [3.05, 3.63) is 106 Å². The summed E-state index contributed by atoms with van der Waals surface area (Å²) in [6, 6.07) is 22.0. The fourth-order valence-electron chi connectivity index (χ4n) is 3.72. The lowest BCUT2D eigenvalue weighted by molar-refractivity contribution is 0.0599. The molecule has 9 nitrogen and oxygen atoms in total. The Hall–Kier alpha value is -5.05. The monoisotopic (exact) mass is 483 g/mol. The first kappa shape index (κ1) is 24.1. The molecule has 36 heavy (non-hydrogen) atoms. The minimum absolute atomic E-state index is 0.0209. The number of aromatic nitrogens is 2. The molecule has 1 aromatic heterocycles. The Labute approximate surface area is 205 Å². The second-order valence-corrected chi connectivity index (χ2v) is 7.62. The number of esters is 2. The first-order valence-electron chi connectivity index (χ1n) is 10.8.